The Hall–Kier alpha value is -2.91. The zero-order valence-electron chi connectivity index (χ0n) is 19.4. The number of rotatable bonds is 10. The molecule has 1 unspecified atom stereocenters. The van der Waals surface area contributed by atoms with Crippen LogP contribution in [-0.4, -0.2) is 27.2 Å². The van der Waals surface area contributed by atoms with E-state index in [0.717, 1.165) is 35.2 Å². The molecule has 0 aromatic heterocycles. The molecule has 0 spiro atoms. The van der Waals surface area contributed by atoms with Gasteiger partial charge in [-0.3, -0.25) is 19.2 Å². The van der Waals surface area contributed by atoms with Gasteiger partial charge in [0.05, 0.1) is 0 Å². The molecule has 184 valence electrons. The van der Waals surface area contributed by atoms with Crippen LogP contribution >= 0.6 is 7.15 Å². The fourth-order valence-corrected chi connectivity index (χ4v) is 9.28. The van der Waals surface area contributed by atoms with Gasteiger partial charge in [-0.15, -0.1) is 0 Å². The van der Waals surface area contributed by atoms with Gasteiger partial charge in [-0.1, -0.05) is 0 Å². The minimum Gasteiger partial charge on any atom is -0.281 e. The first kappa shape index (κ1) is 34.3. The predicted molar refractivity (Wildman–Crippen MR) is 138 cm³/mol. The summed E-state index contributed by atoms with van der Waals surface area (Å²) in [5.74, 6) is 0. The monoisotopic (exact) mass is 532 g/mol. The number of hydrogen-bond acceptors (Lipinski definition) is 5. The minimum absolute atomic E-state index is 0.701. The molecule has 0 heterocycles. The van der Waals surface area contributed by atoms with E-state index in [1.54, 1.807) is 0 Å². The van der Waals surface area contributed by atoms with Crippen molar-refractivity contribution in [2.45, 2.75) is 35.2 Å². The summed E-state index contributed by atoms with van der Waals surface area (Å²) in [6.45, 7) is 18.0. The molecular weight excluding hydrogens is 503 g/mol. The van der Waals surface area contributed by atoms with Crippen LogP contribution < -0.4 is 0 Å². The summed E-state index contributed by atoms with van der Waals surface area (Å²) < 4.78 is 12.6. The number of hydrogen-bond donors (Lipinski definition) is 0. The summed E-state index contributed by atoms with van der Waals surface area (Å²) in [5.41, 5.74) is 4.12. The fourth-order valence-electron chi connectivity index (χ4n) is 3.16. The molecule has 0 aliphatic carbocycles. The van der Waals surface area contributed by atoms with E-state index < -0.39 is 19.6 Å². The van der Waals surface area contributed by atoms with Gasteiger partial charge in [-0.25, -0.2) is 0 Å². The minimum atomic E-state index is -1.62. The van der Waals surface area contributed by atoms with Gasteiger partial charge in [0.1, 0.15) is 0 Å². The van der Waals surface area contributed by atoms with Gasteiger partial charge < -0.3 is 0 Å². The van der Waals surface area contributed by atoms with Crippen molar-refractivity contribution < 1.29 is 36.1 Å². The molecule has 8 radical (unpaired) electrons. The van der Waals surface area contributed by atoms with E-state index >= 15 is 0 Å². The van der Waals surface area contributed by atoms with Crippen molar-refractivity contribution in [3.05, 3.63) is 108 Å². The average Bonchev–Trinajstić information content (AvgIpc) is 2.99. The van der Waals surface area contributed by atoms with Gasteiger partial charge in [0.2, 0.25) is 0 Å². The van der Waals surface area contributed by atoms with Crippen molar-refractivity contribution >= 4 is 34.3 Å². The maximum atomic E-state index is 12.6. The van der Waals surface area contributed by atoms with Crippen molar-refractivity contribution in [2.24, 2.45) is 0 Å². The van der Waals surface area contributed by atoms with Crippen molar-refractivity contribution in [1.82, 2.24) is 0 Å². The molecule has 0 saturated heterocycles. The Morgan fingerprint density at radius 2 is 0.686 bits per heavy atom. The van der Waals surface area contributed by atoms with Crippen LogP contribution in [0, 0.1) is 0 Å². The summed E-state index contributed by atoms with van der Waals surface area (Å²) >= 11 is -1.62. The van der Waals surface area contributed by atoms with Crippen molar-refractivity contribution in [2.75, 3.05) is 0 Å². The molecule has 0 bridgehead atoms. The van der Waals surface area contributed by atoms with Crippen molar-refractivity contribution in [3.8, 4) is 0 Å². The topological polar surface area (TPSA) is 85.3 Å². The van der Waals surface area contributed by atoms with Gasteiger partial charge in [0.25, 0.3) is 27.2 Å². The predicted octanol–water partition coefficient (Wildman–Crippen LogP) is 5.21. The Labute approximate surface area is 213 Å². The zero-order chi connectivity index (χ0) is 26.8. The molecule has 35 heavy (non-hydrogen) atoms. The molecular formula is C28H29FeO5P. The first-order valence-corrected chi connectivity index (χ1v) is 15.4. The van der Waals surface area contributed by atoms with Crippen LogP contribution in [0.1, 0.15) is 16.7 Å². The van der Waals surface area contributed by atoms with Gasteiger partial charge in [0, 0.05) is 0 Å². The van der Waals surface area contributed by atoms with E-state index in [1.807, 2.05) is 0 Å². The van der Waals surface area contributed by atoms with Crippen LogP contribution in [0.5, 0.6) is 0 Å². The number of carbonyl (C=O) groups excluding carboxylic acids is 4. The van der Waals surface area contributed by atoms with Gasteiger partial charge in [-0.05, 0) is 0 Å². The van der Waals surface area contributed by atoms with Crippen LogP contribution in [0.25, 0.3) is 0 Å². The first-order chi connectivity index (χ1) is 17.3. The SMILES string of the molecule is O=[PH2][Fe]([CH2]Cc1ccccc1)([CH2]Cc1ccccc1)[CH2]Cc1ccccc1.[C]=O.[C]=O.[C]=O.[C]=O. The molecule has 3 rings (SSSR count). The van der Waals surface area contributed by atoms with Gasteiger partial charge in [-0.2, -0.15) is 0 Å². The normalized spacial score (nSPS) is 10.1. The molecule has 0 aliphatic rings. The largest absolute Gasteiger partial charge is 0.281 e. The summed E-state index contributed by atoms with van der Waals surface area (Å²) in [6, 6.07) is 32.0. The van der Waals surface area contributed by atoms with E-state index in [4.69, 9.17) is 19.2 Å². The second-order valence-electron chi connectivity index (χ2n) is 6.78. The molecule has 5 nitrogen and oxygen atoms in total. The molecule has 3 aromatic carbocycles. The summed E-state index contributed by atoms with van der Waals surface area (Å²) in [7, 11) is -0.701. The van der Waals surface area contributed by atoms with E-state index in [2.05, 4.69) is 118 Å². The average molecular weight is 532 g/mol. The van der Waals surface area contributed by atoms with E-state index in [0.29, 0.717) is 0 Å². The number of benzene rings is 3. The van der Waals surface area contributed by atoms with Crippen LogP contribution in [0.3, 0.4) is 0 Å². The summed E-state index contributed by atoms with van der Waals surface area (Å²) in [5, 5.41) is 3.36. The van der Waals surface area contributed by atoms with Gasteiger partial charge >= 0.3 is 167 Å². The van der Waals surface area contributed by atoms with E-state index in [9.17, 15) is 4.57 Å². The maximum Gasteiger partial charge on any atom is 0.281 e. The molecule has 0 aliphatic heterocycles. The molecule has 1 atom stereocenters. The molecule has 7 heteroatoms. The van der Waals surface area contributed by atoms with E-state index in [1.165, 1.54) is 16.7 Å². The van der Waals surface area contributed by atoms with E-state index in [-0.39, 0.29) is 0 Å². The maximum absolute atomic E-state index is 12.6. The third kappa shape index (κ3) is 14.9. The van der Waals surface area contributed by atoms with Gasteiger partial charge in [0.15, 0.2) is 0 Å². The molecule has 0 saturated carbocycles. The zero-order valence-corrected chi connectivity index (χ0v) is 21.6. The standard InChI is InChI=1S/3C8H9.4CO.Fe.H2OP/c3*1-2-8-6-4-3-5-7-8;4*1-2;;1-2/h3*3-7H,1-2H2;;;;;;2H2/q;;;;;;;-1;+1. The molecule has 3 aromatic rings. The third-order valence-electron chi connectivity index (χ3n) is 4.89. The fraction of sp³-hybridized carbons (Fsp3) is 0.214. The molecule has 0 amide bonds. The first-order valence-electron chi connectivity index (χ1n) is 10.3. The quantitative estimate of drug-likeness (QED) is 0.265. The summed E-state index contributed by atoms with van der Waals surface area (Å²) in [4.78, 5) is 30.0. The molecule has 0 N–H and O–H groups in total. The Morgan fingerprint density at radius 1 is 0.457 bits per heavy atom. The van der Waals surface area contributed by atoms with Crippen molar-refractivity contribution in [1.29, 1.82) is 0 Å². The Kier molecular flexibility index (Phi) is 23.7. The Morgan fingerprint density at radius 3 is 0.886 bits per heavy atom. The second-order valence-corrected chi connectivity index (χ2v) is 16.0. The third-order valence-corrected chi connectivity index (χ3v) is 13.6. The van der Waals surface area contributed by atoms with Crippen LogP contribution in [0.2, 0.25) is 16.0 Å². The smallest absolute Gasteiger partial charge is 0.281 e. The second kappa shape index (κ2) is 24.2. The van der Waals surface area contributed by atoms with Crippen LogP contribution in [0.15, 0.2) is 91.0 Å². The van der Waals surface area contributed by atoms with Crippen molar-refractivity contribution in [3.63, 3.8) is 0 Å². The summed E-state index contributed by atoms with van der Waals surface area (Å²) in [6.07, 6.45) is 3.17. The number of aryl methyl sites for hydroxylation is 3. The molecule has 0 fully saturated rings. The Balaban J connectivity index is 0. The van der Waals surface area contributed by atoms with Crippen LogP contribution in [0.4, 0.5) is 0 Å². The Bertz CT molecular complexity index is 767. The van der Waals surface area contributed by atoms with Crippen LogP contribution in [-0.2, 0) is 55.4 Å².